The summed E-state index contributed by atoms with van der Waals surface area (Å²) in [5.41, 5.74) is 0.878. The summed E-state index contributed by atoms with van der Waals surface area (Å²) < 4.78 is 12.2. The molecule has 2 amide bonds. The molecule has 0 unspecified atom stereocenters. The molecule has 11 nitrogen and oxygen atoms in total. The Morgan fingerprint density at radius 3 is 2.56 bits per heavy atom. The van der Waals surface area contributed by atoms with Gasteiger partial charge in [-0.25, -0.2) is 19.3 Å². The number of ether oxygens (including phenoxy) is 2. The maximum Gasteiger partial charge on any atom is 0.407 e. The van der Waals surface area contributed by atoms with Gasteiger partial charge in [0.1, 0.15) is 4.83 Å². The summed E-state index contributed by atoms with van der Waals surface area (Å²) in [6.45, 7) is 9.40. The van der Waals surface area contributed by atoms with Crippen molar-refractivity contribution < 1.29 is 19.1 Å². The first-order valence-electron chi connectivity index (χ1n) is 11.9. The third-order valence-corrected chi connectivity index (χ3v) is 7.47. The average Bonchev–Trinajstić information content (AvgIpc) is 3.47. The lowest BCUT2D eigenvalue weighted by atomic mass is 9.88. The van der Waals surface area contributed by atoms with Crippen molar-refractivity contribution in [3.63, 3.8) is 0 Å². The highest BCUT2D eigenvalue weighted by molar-refractivity contribution is 7.16. The number of amides is 2. The van der Waals surface area contributed by atoms with Crippen LogP contribution in [0.15, 0.2) is 17.8 Å². The van der Waals surface area contributed by atoms with Gasteiger partial charge in [0.05, 0.1) is 26.0 Å². The smallest absolute Gasteiger partial charge is 0.407 e. The number of thiazole rings is 1. The van der Waals surface area contributed by atoms with Crippen molar-refractivity contribution in [1.82, 2.24) is 29.8 Å². The molecule has 1 fully saturated rings. The molecule has 0 aromatic carbocycles. The third-order valence-electron chi connectivity index (χ3n) is 6.59. The quantitative estimate of drug-likeness (QED) is 0.510. The molecule has 4 rings (SSSR count). The number of hydrogen-bond acceptors (Lipinski definition) is 9. The molecule has 3 aromatic heterocycles. The predicted molar refractivity (Wildman–Crippen MR) is 138 cm³/mol. The van der Waals surface area contributed by atoms with Crippen LogP contribution in [-0.2, 0) is 4.74 Å². The van der Waals surface area contributed by atoms with E-state index in [2.05, 4.69) is 43.4 Å². The van der Waals surface area contributed by atoms with Gasteiger partial charge in [-0.15, -0.1) is 11.3 Å². The van der Waals surface area contributed by atoms with E-state index in [-0.39, 0.29) is 29.1 Å². The Morgan fingerprint density at radius 2 is 1.92 bits per heavy atom. The second kappa shape index (κ2) is 10.3. The fourth-order valence-corrected chi connectivity index (χ4v) is 4.70. The summed E-state index contributed by atoms with van der Waals surface area (Å²) in [6, 6.07) is -0.0140. The molecule has 0 aliphatic carbocycles. The highest BCUT2D eigenvalue weighted by atomic mass is 32.1. The van der Waals surface area contributed by atoms with Crippen molar-refractivity contribution in [2.45, 2.75) is 52.6 Å². The van der Waals surface area contributed by atoms with Gasteiger partial charge >= 0.3 is 6.09 Å². The zero-order chi connectivity index (χ0) is 26.0. The topological polar surface area (TPSA) is 123 Å². The fourth-order valence-electron chi connectivity index (χ4n) is 3.91. The van der Waals surface area contributed by atoms with Gasteiger partial charge in [-0.2, -0.15) is 5.10 Å². The molecule has 4 heterocycles. The highest BCUT2D eigenvalue weighted by Crippen LogP contribution is 2.35. The van der Waals surface area contributed by atoms with E-state index >= 15 is 0 Å². The van der Waals surface area contributed by atoms with Crippen molar-refractivity contribution in [3.05, 3.63) is 23.5 Å². The van der Waals surface area contributed by atoms with Crippen molar-refractivity contribution >= 4 is 34.0 Å². The van der Waals surface area contributed by atoms with Gasteiger partial charge in [-0.3, -0.25) is 4.79 Å². The molecule has 1 atom stereocenters. The number of piperidine rings is 1. The van der Waals surface area contributed by atoms with Crippen LogP contribution in [0.3, 0.4) is 0 Å². The lowest BCUT2D eigenvalue weighted by molar-refractivity contribution is 0.0694. The van der Waals surface area contributed by atoms with E-state index < -0.39 is 6.09 Å². The van der Waals surface area contributed by atoms with Crippen molar-refractivity contribution in [1.29, 1.82) is 0 Å². The van der Waals surface area contributed by atoms with Crippen LogP contribution in [0, 0.1) is 5.41 Å². The van der Waals surface area contributed by atoms with Crippen LogP contribution in [0.4, 0.5) is 10.6 Å². The number of nitrogens with one attached hydrogen (secondary N) is 2. The Labute approximate surface area is 214 Å². The predicted octanol–water partition coefficient (Wildman–Crippen LogP) is 3.67. The van der Waals surface area contributed by atoms with Crippen LogP contribution in [-0.4, -0.2) is 75.9 Å². The number of nitrogens with zero attached hydrogens (tertiary/aromatic N) is 5. The van der Waals surface area contributed by atoms with E-state index in [1.165, 1.54) is 25.6 Å². The fraction of sp³-hybridized carbons (Fsp3) is 0.542. The monoisotopic (exact) mass is 515 g/mol. The minimum absolute atomic E-state index is 0.0335. The molecule has 0 spiro atoms. The molecular formula is C24H33N7O4S. The minimum atomic E-state index is -0.466. The summed E-state index contributed by atoms with van der Waals surface area (Å²) in [4.78, 5) is 37.4. The second-order valence-corrected chi connectivity index (χ2v) is 10.8. The lowest BCUT2D eigenvalue weighted by Gasteiger charge is -2.32. The van der Waals surface area contributed by atoms with E-state index in [0.717, 1.165) is 10.4 Å². The maximum absolute atomic E-state index is 13.7. The molecule has 0 saturated carbocycles. The van der Waals surface area contributed by atoms with Crippen molar-refractivity contribution in [2.24, 2.45) is 5.41 Å². The summed E-state index contributed by atoms with van der Waals surface area (Å²) in [5, 5.41) is 12.6. The van der Waals surface area contributed by atoms with Gasteiger partial charge in [0, 0.05) is 36.8 Å². The number of likely N-dealkylation sites (tertiary alicyclic amines) is 1. The van der Waals surface area contributed by atoms with Gasteiger partial charge in [-0.1, -0.05) is 20.8 Å². The van der Waals surface area contributed by atoms with Gasteiger partial charge in [0.15, 0.2) is 23.1 Å². The number of rotatable bonds is 6. The normalized spacial score (nSPS) is 15.6. The second-order valence-electron chi connectivity index (χ2n) is 9.92. The minimum Gasteiger partial charge on any atom is -0.491 e. The number of hydrogen-bond donors (Lipinski definition) is 2. The largest absolute Gasteiger partial charge is 0.491 e. The molecule has 1 aliphatic heterocycles. The number of carbonyl (C=O) groups excluding carboxylic acids is 2. The Morgan fingerprint density at radius 1 is 1.19 bits per heavy atom. The molecular weight excluding hydrogens is 482 g/mol. The number of fused-ring (bicyclic) bond motifs is 1. The van der Waals surface area contributed by atoms with Crippen molar-refractivity contribution in [2.75, 3.05) is 32.6 Å². The van der Waals surface area contributed by atoms with Crippen LogP contribution in [0.2, 0.25) is 0 Å². The third kappa shape index (κ3) is 5.23. The Hall–Kier alpha value is -3.41. The first kappa shape index (κ1) is 25.7. The van der Waals surface area contributed by atoms with Gasteiger partial charge < -0.3 is 25.0 Å². The Bertz CT molecular complexity index is 1240. The first-order valence-corrected chi connectivity index (χ1v) is 12.8. The summed E-state index contributed by atoms with van der Waals surface area (Å²) >= 11 is 1.53. The SMILES string of the molecule is COC(=O)NC1CCN(C(=O)c2nc(-c3cnn4ccsc34)nc(N[C@H](C)C(C)(C)C)c2OC)CC1. The molecule has 3 aromatic rings. The molecule has 1 aliphatic rings. The van der Waals surface area contributed by atoms with E-state index in [9.17, 15) is 9.59 Å². The molecule has 1 saturated heterocycles. The highest BCUT2D eigenvalue weighted by Gasteiger charge is 2.31. The Balaban J connectivity index is 1.70. The number of alkyl carbamates (subject to hydrolysis) is 1. The van der Waals surface area contributed by atoms with Crippen molar-refractivity contribution in [3.8, 4) is 17.1 Å². The van der Waals surface area contributed by atoms with E-state index in [1.807, 2.05) is 11.6 Å². The molecule has 0 bridgehead atoms. The number of methoxy groups -OCH3 is 2. The van der Waals surface area contributed by atoms with Crippen LogP contribution >= 0.6 is 11.3 Å². The molecule has 36 heavy (non-hydrogen) atoms. The van der Waals surface area contributed by atoms with Crippen LogP contribution < -0.4 is 15.4 Å². The first-order chi connectivity index (χ1) is 17.1. The Kier molecular flexibility index (Phi) is 7.34. The molecule has 0 radical (unpaired) electrons. The number of carbonyl (C=O) groups is 2. The zero-order valence-corrected chi connectivity index (χ0v) is 22.3. The van der Waals surface area contributed by atoms with Gasteiger partial charge in [0.25, 0.3) is 5.91 Å². The van der Waals surface area contributed by atoms with E-state index in [0.29, 0.717) is 43.3 Å². The van der Waals surface area contributed by atoms with Crippen LogP contribution in [0.25, 0.3) is 16.2 Å². The van der Waals surface area contributed by atoms with Gasteiger partial charge in [-0.05, 0) is 25.2 Å². The molecule has 2 N–H and O–H groups in total. The zero-order valence-electron chi connectivity index (χ0n) is 21.5. The maximum atomic E-state index is 13.7. The lowest BCUT2D eigenvalue weighted by Crippen LogP contribution is -2.46. The molecule has 12 heteroatoms. The average molecular weight is 516 g/mol. The van der Waals surface area contributed by atoms with Crippen LogP contribution in [0.5, 0.6) is 5.75 Å². The van der Waals surface area contributed by atoms with E-state index in [1.54, 1.807) is 15.6 Å². The molecule has 194 valence electrons. The summed E-state index contributed by atoms with van der Waals surface area (Å²) in [5.74, 6) is 0.936. The number of anilines is 1. The van der Waals surface area contributed by atoms with Crippen LogP contribution in [0.1, 0.15) is 51.0 Å². The van der Waals surface area contributed by atoms with Gasteiger partial charge in [0.2, 0.25) is 0 Å². The van der Waals surface area contributed by atoms with E-state index in [4.69, 9.17) is 19.4 Å². The number of aromatic nitrogens is 4. The summed E-state index contributed by atoms with van der Waals surface area (Å²) in [6.07, 6.45) is 4.35. The summed E-state index contributed by atoms with van der Waals surface area (Å²) in [7, 11) is 2.86. The standard InChI is InChI=1S/C24H33N7O4S/c1-14(24(2,3)4)26-20-18(34-5)17(21(32)30-9-7-15(8-10-30)27-23(33)35-6)28-19(29-20)16-13-25-31-11-12-36-22(16)31/h11-15H,7-10H2,1-6H3,(H,27,33)(H,26,28,29)/t14-/m1/s1.